The van der Waals surface area contributed by atoms with Gasteiger partial charge < -0.3 is 5.32 Å². The van der Waals surface area contributed by atoms with Crippen LogP contribution in [0.2, 0.25) is 0 Å². The van der Waals surface area contributed by atoms with Crippen molar-refractivity contribution < 1.29 is 4.79 Å². The molecule has 0 radical (unpaired) electrons. The molecular weight excluding hydrogens is 340 g/mol. The standard InChI is InChI=1S/C21H16N4O2/c26-20(24-17-8-11-22-12-9-17)18-13-16-7-4-10-23-19(16)25(21(18)27)14-15-5-2-1-3-6-15/h1-13H,14H2,(H,22,24,26). The summed E-state index contributed by atoms with van der Waals surface area (Å²) < 4.78 is 1.53. The third-order valence-electron chi connectivity index (χ3n) is 4.21. The molecule has 0 saturated heterocycles. The summed E-state index contributed by atoms with van der Waals surface area (Å²) in [5.41, 5.74) is 1.78. The number of nitrogens with one attached hydrogen (secondary N) is 1. The van der Waals surface area contributed by atoms with Crippen LogP contribution in [-0.2, 0) is 6.54 Å². The Morgan fingerprint density at radius 1 is 0.963 bits per heavy atom. The zero-order chi connectivity index (χ0) is 18.6. The van der Waals surface area contributed by atoms with Crippen LogP contribution in [0.25, 0.3) is 11.0 Å². The summed E-state index contributed by atoms with van der Waals surface area (Å²) in [7, 11) is 0. The van der Waals surface area contributed by atoms with Crippen LogP contribution in [0.3, 0.4) is 0 Å². The molecule has 0 fully saturated rings. The predicted octanol–water partition coefficient (Wildman–Crippen LogP) is 3.09. The molecule has 0 aliphatic carbocycles. The number of aromatic nitrogens is 3. The van der Waals surface area contributed by atoms with E-state index in [4.69, 9.17) is 0 Å². The Hall–Kier alpha value is -3.80. The highest BCUT2D eigenvalue weighted by molar-refractivity contribution is 6.05. The normalized spacial score (nSPS) is 10.7. The lowest BCUT2D eigenvalue weighted by molar-refractivity contribution is 0.102. The molecule has 132 valence electrons. The average molecular weight is 356 g/mol. The summed E-state index contributed by atoms with van der Waals surface area (Å²) in [6.45, 7) is 0.337. The van der Waals surface area contributed by atoms with Crippen LogP contribution in [0.5, 0.6) is 0 Å². The summed E-state index contributed by atoms with van der Waals surface area (Å²) >= 11 is 0. The van der Waals surface area contributed by atoms with Crippen molar-refractivity contribution >= 4 is 22.6 Å². The maximum absolute atomic E-state index is 13.1. The second kappa shape index (κ2) is 7.21. The van der Waals surface area contributed by atoms with Gasteiger partial charge >= 0.3 is 0 Å². The van der Waals surface area contributed by atoms with Crippen LogP contribution in [0.4, 0.5) is 5.69 Å². The third-order valence-corrected chi connectivity index (χ3v) is 4.21. The molecule has 0 bridgehead atoms. The Kier molecular flexibility index (Phi) is 4.45. The molecule has 0 saturated carbocycles. The summed E-state index contributed by atoms with van der Waals surface area (Å²) in [5, 5.41) is 3.47. The highest BCUT2D eigenvalue weighted by Gasteiger charge is 2.16. The van der Waals surface area contributed by atoms with E-state index in [9.17, 15) is 9.59 Å². The average Bonchev–Trinajstić information content (AvgIpc) is 2.71. The van der Waals surface area contributed by atoms with Crippen molar-refractivity contribution in [3.63, 3.8) is 0 Å². The van der Waals surface area contributed by atoms with Crippen LogP contribution >= 0.6 is 0 Å². The molecule has 0 atom stereocenters. The van der Waals surface area contributed by atoms with Gasteiger partial charge in [0.05, 0.1) is 6.54 Å². The topological polar surface area (TPSA) is 76.9 Å². The Labute approximate surface area is 155 Å². The first-order valence-corrected chi connectivity index (χ1v) is 8.46. The fourth-order valence-corrected chi connectivity index (χ4v) is 2.92. The number of hydrogen-bond donors (Lipinski definition) is 1. The van der Waals surface area contributed by atoms with Crippen molar-refractivity contribution in [2.75, 3.05) is 5.32 Å². The van der Waals surface area contributed by atoms with E-state index in [0.717, 1.165) is 10.9 Å². The molecule has 0 unspecified atom stereocenters. The van der Waals surface area contributed by atoms with Gasteiger partial charge in [0.25, 0.3) is 11.5 Å². The highest BCUT2D eigenvalue weighted by atomic mass is 16.2. The highest BCUT2D eigenvalue weighted by Crippen LogP contribution is 2.14. The Bertz CT molecular complexity index is 1160. The number of rotatable bonds is 4. The number of hydrogen-bond acceptors (Lipinski definition) is 4. The Balaban J connectivity index is 1.81. The molecule has 6 nitrogen and oxygen atoms in total. The maximum atomic E-state index is 13.1. The number of nitrogens with zero attached hydrogens (tertiary/aromatic N) is 3. The van der Waals surface area contributed by atoms with Crippen molar-refractivity contribution in [2.24, 2.45) is 0 Å². The molecule has 1 aromatic carbocycles. The largest absolute Gasteiger partial charge is 0.322 e. The number of anilines is 1. The fourth-order valence-electron chi connectivity index (χ4n) is 2.92. The van der Waals surface area contributed by atoms with Crippen molar-refractivity contribution in [1.29, 1.82) is 0 Å². The number of benzene rings is 1. The SMILES string of the molecule is O=C(Nc1ccncc1)c1cc2cccnc2n(Cc2ccccc2)c1=O. The van der Waals surface area contributed by atoms with E-state index in [-0.39, 0.29) is 11.1 Å². The minimum absolute atomic E-state index is 0.0724. The van der Waals surface area contributed by atoms with Gasteiger partial charge in [-0.15, -0.1) is 0 Å². The first-order valence-electron chi connectivity index (χ1n) is 8.46. The van der Waals surface area contributed by atoms with Gasteiger partial charge in [-0.1, -0.05) is 30.3 Å². The van der Waals surface area contributed by atoms with Crippen molar-refractivity contribution in [2.45, 2.75) is 6.54 Å². The summed E-state index contributed by atoms with van der Waals surface area (Å²) in [4.78, 5) is 34.1. The predicted molar refractivity (Wildman–Crippen MR) is 104 cm³/mol. The van der Waals surface area contributed by atoms with E-state index in [0.29, 0.717) is 17.9 Å². The van der Waals surface area contributed by atoms with E-state index in [2.05, 4.69) is 15.3 Å². The molecule has 3 heterocycles. The number of carbonyl (C=O) groups is 1. The van der Waals surface area contributed by atoms with E-state index in [1.165, 1.54) is 4.57 Å². The van der Waals surface area contributed by atoms with Crippen molar-refractivity contribution in [3.05, 3.63) is 101 Å². The number of pyridine rings is 3. The monoisotopic (exact) mass is 356 g/mol. The number of amides is 1. The van der Waals surface area contributed by atoms with E-state index in [1.54, 1.807) is 42.9 Å². The number of fused-ring (bicyclic) bond motifs is 1. The molecular formula is C21H16N4O2. The first-order chi connectivity index (χ1) is 13.2. The second-order valence-electron chi connectivity index (χ2n) is 6.04. The van der Waals surface area contributed by atoms with Crippen LogP contribution in [0.15, 0.2) is 84.0 Å². The zero-order valence-corrected chi connectivity index (χ0v) is 14.4. The smallest absolute Gasteiger partial charge is 0.265 e. The van der Waals surface area contributed by atoms with Gasteiger partial charge in [0.15, 0.2) is 0 Å². The molecule has 6 heteroatoms. The molecule has 0 aliphatic heterocycles. The van der Waals surface area contributed by atoms with Gasteiger partial charge in [0.1, 0.15) is 11.2 Å². The Morgan fingerprint density at radius 3 is 2.52 bits per heavy atom. The first kappa shape index (κ1) is 16.7. The van der Waals surface area contributed by atoms with Crippen LogP contribution < -0.4 is 10.9 Å². The number of carbonyl (C=O) groups excluding carboxylic acids is 1. The van der Waals surface area contributed by atoms with Crippen LogP contribution in [0.1, 0.15) is 15.9 Å². The Morgan fingerprint density at radius 2 is 1.74 bits per heavy atom. The lowest BCUT2D eigenvalue weighted by atomic mass is 10.1. The van der Waals surface area contributed by atoms with Gasteiger partial charge in [0.2, 0.25) is 0 Å². The molecule has 27 heavy (non-hydrogen) atoms. The zero-order valence-electron chi connectivity index (χ0n) is 14.4. The molecule has 1 amide bonds. The quantitative estimate of drug-likeness (QED) is 0.610. The second-order valence-corrected chi connectivity index (χ2v) is 6.04. The summed E-state index contributed by atoms with van der Waals surface area (Å²) in [6, 6.07) is 18.2. The van der Waals surface area contributed by atoms with Crippen molar-refractivity contribution in [1.82, 2.24) is 14.5 Å². The van der Waals surface area contributed by atoms with E-state index < -0.39 is 5.91 Å². The van der Waals surface area contributed by atoms with E-state index in [1.807, 2.05) is 36.4 Å². The molecule has 0 aliphatic rings. The van der Waals surface area contributed by atoms with Gasteiger partial charge in [-0.05, 0) is 35.9 Å². The molecule has 3 aromatic heterocycles. The minimum atomic E-state index is -0.459. The van der Waals surface area contributed by atoms with Gasteiger partial charge in [-0.2, -0.15) is 0 Å². The fraction of sp³-hybridized carbons (Fsp3) is 0.0476. The minimum Gasteiger partial charge on any atom is -0.322 e. The summed E-state index contributed by atoms with van der Waals surface area (Å²) in [6.07, 6.45) is 4.79. The molecule has 0 spiro atoms. The van der Waals surface area contributed by atoms with Gasteiger partial charge in [-0.3, -0.25) is 19.1 Å². The maximum Gasteiger partial charge on any atom is 0.265 e. The van der Waals surface area contributed by atoms with Crippen LogP contribution in [-0.4, -0.2) is 20.4 Å². The summed E-state index contributed by atoms with van der Waals surface area (Å²) in [5.74, 6) is -0.459. The van der Waals surface area contributed by atoms with E-state index >= 15 is 0 Å². The van der Waals surface area contributed by atoms with Crippen LogP contribution in [0, 0.1) is 0 Å². The van der Waals surface area contributed by atoms with Gasteiger partial charge in [0, 0.05) is 29.7 Å². The van der Waals surface area contributed by atoms with Gasteiger partial charge in [-0.25, -0.2) is 4.98 Å². The molecule has 4 rings (SSSR count). The van der Waals surface area contributed by atoms with Crippen molar-refractivity contribution in [3.8, 4) is 0 Å². The lowest BCUT2D eigenvalue weighted by Crippen LogP contribution is -2.30. The molecule has 4 aromatic rings. The lowest BCUT2D eigenvalue weighted by Gasteiger charge is -2.12. The third kappa shape index (κ3) is 3.46. The molecule has 1 N–H and O–H groups in total.